The molecule has 0 fully saturated rings. The normalized spacial score (nSPS) is 11.9. The van der Waals surface area contributed by atoms with Crippen LogP contribution in [0, 0.1) is 11.6 Å². The molecule has 0 N–H and O–H groups in total. The maximum Gasteiger partial charge on any atom is 0.135 e. The minimum atomic E-state index is -0.254. The minimum absolute atomic E-state index is 0.248. The van der Waals surface area contributed by atoms with Crippen molar-refractivity contribution in [2.75, 3.05) is 0 Å². The fraction of sp³-hybridized carbons (Fsp3) is 0. The van der Waals surface area contributed by atoms with Gasteiger partial charge in [-0.05, 0) is 98.1 Å². The highest BCUT2D eigenvalue weighted by Gasteiger charge is 2.26. The standard InChI is InChI=1S/C38H22F2O/c39-28-16-11-23(12-17-28)25-5-3-6-27(21-25)36-30-7-1-2-8-31(30)37-33-22-26(24-13-18-29(40)19-14-24)15-20-34(33)41-35-10-4-9-32(36)38(35)37/h1-22H. The van der Waals surface area contributed by atoms with Crippen molar-refractivity contribution < 1.29 is 13.5 Å². The molecule has 0 bridgehead atoms. The summed E-state index contributed by atoms with van der Waals surface area (Å²) in [5.41, 5.74) is 8.30. The summed E-state index contributed by atoms with van der Waals surface area (Å²) in [6, 6.07) is 42.5. The lowest BCUT2D eigenvalue weighted by molar-refractivity contribution is 0.487. The summed E-state index contributed by atoms with van der Waals surface area (Å²) in [5, 5.41) is 4.45. The van der Waals surface area contributed by atoms with Gasteiger partial charge in [0.1, 0.15) is 23.1 Å². The van der Waals surface area contributed by atoms with Crippen molar-refractivity contribution in [1.82, 2.24) is 0 Å². The Kier molecular flexibility index (Phi) is 5.26. The predicted octanol–water partition coefficient (Wildman–Crippen LogP) is 11.0. The number of benzene rings is 7. The third-order valence-electron chi connectivity index (χ3n) is 7.99. The van der Waals surface area contributed by atoms with Gasteiger partial charge in [-0.1, -0.05) is 84.9 Å². The summed E-state index contributed by atoms with van der Waals surface area (Å²) in [6.07, 6.45) is 0. The van der Waals surface area contributed by atoms with Gasteiger partial charge < -0.3 is 4.74 Å². The van der Waals surface area contributed by atoms with Gasteiger partial charge in [0.15, 0.2) is 0 Å². The second kappa shape index (κ2) is 9.14. The zero-order valence-corrected chi connectivity index (χ0v) is 21.9. The summed E-state index contributed by atoms with van der Waals surface area (Å²) in [6.45, 7) is 0. The second-order valence-corrected chi connectivity index (χ2v) is 10.4. The smallest absolute Gasteiger partial charge is 0.135 e. The Bertz CT molecular complexity index is 2130. The molecule has 3 heteroatoms. The lowest BCUT2D eigenvalue weighted by atomic mass is 9.83. The van der Waals surface area contributed by atoms with E-state index in [0.717, 1.165) is 77.6 Å². The molecule has 0 radical (unpaired) electrons. The van der Waals surface area contributed by atoms with Crippen molar-refractivity contribution in [2.45, 2.75) is 0 Å². The topological polar surface area (TPSA) is 9.23 Å². The lowest BCUT2D eigenvalue weighted by Crippen LogP contribution is -2.00. The third-order valence-corrected chi connectivity index (χ3v) is 7.99. The van der Waals surface area contributed by atoms with Crippen LogP contribution in [0.5, 0.6) is 11.5 Å². The summed E-state index contributed by atoms with van der Waals surface area (Å²) in [5.74, 6) is 1.12. The predicted molar refractivity (Wildman–Crippen MR) is 163 cm³/mol. The number of halogens is 2. The van der Waals surface area contributed by atoms with Gasteiger partial charge in [0.05, 0.1) is 0 Å². The Balaban J connectivity index is 1.41. The fourth-order valence-electron chi connectivity index (χ4n) is 6.12. The van der Waals surface area contributed by atoms with Crippen LogP contribution in [0.4, 0.5) is 8.78 Å². The Morgan fingerprint density at radius 3 is 1.66 bits per heavy atom. The molecule has 0 saturated heterocycles. The van der Waals surface area contributed by atoms with Crippen LogP contribution in [0.3, 0.4) is 0 Å². The molecule has 194 valence electrons. The highest BCUT2D eigenvalue weighted by Crippen LogP contribution is 2.53. The number of rotatable bonds is 3. The maximum atomic E-state index is 13.6. The van der Waals surface area contributed by atoms with Crippen LogP contribution in [-0.2, 0) is 0 Å². The Morgan fingerprint density at radius 2 is 0.951 bits per heavy atom. The Morgan fingerprint density at radius 1 is 0.390 bits per heavy atom. The zero-order chi connectivity index (χ0) is 27.5. The van der Waals surface area contributed by atoms with Gasteiger partial charge in [0.2, 0.25) is 0 Å². The second-order valence-electron chi connectivity index (χ2n) is 10.4. The highest BCUT2D eigenvalue weighted by atomic mass is 19.1. The summed E-state index contributed by atoms with van der Waals surface area (Å²) >= 11 is 0. The number of hydrogen-bond acceptors (Lipinski definition) is 1. The molecule has 1 nitrogen and oxygen atoms in total. The molecule has 1 aliphatic rings. The molecule has 1 aliphatic heterocycles. The largest absolute Gasteiger partial charge is 0.456 e. The SMILES string of the molecule is Fc1ccc(-c2cccc(-c3c4ccccc4c4c5c(cccc35)Oc3ccc(-c5ccc(F)cc5)cc3-4)c2)cc1. The zero-order valence-electron chi connectivity index (χ0n) is 21.9. The lowest BCUT2D eigenvalue weighted by Gasteiger charge is -2.25. The van der Waals surface area contributed by atoms with E-state index in [2.05, 4.69) is 60.7 Å². The van der Waals surface area contributed by atoms with Gasteiger partial charge in [-0.15, -0.1) is 0 Å². The fourth-order valence-corrected chi connectivity index (χ4v) is 6.12. The van der Waals surface area contributed by atoms with Gasteiger partial charge in [0, 0.05) is 16.5 Å². The van der Waals surface area contributed by atoms with Crippen molar-refractivity contribution in [3.05, 3.63) is 145 Å². The van der Waals surface area contributed by atoms with Crippen LogP contribution >= 0.6 is 0 Å². The molecule has 0 unspecified atom stereocenters. The van der Waals surface area contributed by atoms with Crippen molar-refractivity contribution in [3.63, 3.8) is 0 Å². The van der Waals surface area contributed by atoms with Gasteiger partial charge in [-0.25, -0.2) is 8.78 Å². The Hall–Kier alpha value is -5.28. The van der Waals surface area contributed by atoms with E-state index in [0.29, 0.717) is 0 Å². The van der Waals surface area contributed by atoms with Crippen LogP contribution < -0.4 is 4.74 Å². The number of fused-ring (bicyclic) bond motifs is 4. The van der Waals surface area contributed by atoms with Crippen LogP contribution in [0.2, 0.25) is 0 Å². The van der Waals surface area contributed by atoms with Gasteiger partial charge in [0.25, 0.3) is 0 Å². The van der Waals surface area contributed by atoms with Crippen LogP contribution in [0.15, 0.2) is 133 Å². The molecule has 7 aromatic rings. The van der Waals surface area contributed by atoms with Crippen molar-refractivity contribution in [3.8, 4) is 56.0 Å². The first kappa shape index (κ1) is 23.6. The van der Waals surface area contributed by atoms with Crippen molar-refractivity contribution in [1.29, 1.82) is 0 Å². The number of ether oxygens (including phenoxy) is 1. The average molecular weight is 533 g/mol. The molecule has 1 heterocycles. The van der Waals surface area contributed by atoms with E-state index in [1.54, 1.807) is 12.1 Å². The summed E-state index contributed by atoms with van der Waals surface area (Å²) < 4.78 is 33.8. The molecular weight excluding hydrogens is 510 g/mol. The molecule has 0 atom stereocenters. The van der Waals surface area contributed by atoms with Gasteiger partial charge in [-0.3, -0.25) is 0 Å². The third kappa shape index (κ3) is 3.81. The summed E-state index contributed by atoms with van der Waals surface area (Å²) in [7, 11) is 0. The van der Waals surface area contributed by atoms with Crippen LogP contribution in [-0.4, -0.2) is 0 Å². The van der Waals surface area contributed by atoms with Crippen molar-refractivity contribution >= 4 is 21.5 Å². The van der Waals surface area contributed by atoms with Gasteiger partial charge in [-0.2, -0.15) is 0 Å². The quantitative estimate of drug-likeness (QED) is 0.206. The van der Waals surface area contributed by atoms with E-state index >= 15 is 0 Å². The molecule has 0 aliphatic carbocycles. The first-order chi connectivity index (χ1) is 20.1. The molecule has 8 rings (SSSR count). The number of hydrogen-bond donors (Lipinski definition) is 0. The maximum absolute atomic E-state index is 13.6. The first-order valence-electron chi connectivity index (χ1n) is 13.6. The van der Waals surface area contributed by atoms with Crippen LogP contribution in [0.1, 0.15) is 0 Å². The molecule has 41 heavy (non-hydrogen) atoms. The molecule has 0 amide bonds. The van der Waals surface area contributed by atoms with E-state index in [9.17, 15) is 8.78 Å². The molecule has 0 aromatic heterocycles. The Labute approximate surface area is 235 Å². The minimum Gasteiger partial charge on any atom is -0.456 e. The van der Waals surface area contributed by atoms with Crippen LogP contribution in [0.25, 0.3) is 66.1 Å². The molecular formula is C38H22F2O. The van der Waals surface area contributed by atoms with E-state index in [4.69, 9.17) is 4.74 Å². The monoisotopic (exact) mass is 532 g/mol. The molecule has 7 aromatic carbocycles. The molecule has 0 spiro atoms. The average Bonchev–Trinajstić information content (AvgIpc) is 3.01. The van der Waals surface area contributed by atoms with E-state index < -0.39 is 0 Å². The first-order valence-corrected chi connectivity index (χ1v) is 13.6. The van der Waals surface area contributed by atoms with Gasteiger partial charge >= 0.3 is 0 Å². The molecule has 0 saturated carbocycles. The van der Waals surface area contributed by atoms with Crippen molar-refractivity contribution in [2.24, 2.45) is 0 Å². The highest BCUT2D eigenvalue weighted by molar-refractivity contribution is 6.24. The van der Waals surface area contributed by atoms with E-state index in [-0.39, 0.29) is 11.6 Å². The van der Waals surface area contributed by atoms with E-state index in [1.807, 2.05) is 36.4 Å². The summed E-state index contributed by atoms with van der Waals surface area (Å²) in [4.78, 5) is 0. The van der Waals surface area contributed by atoms with E-state index in [1.165, 1.54) is 24.3 Å².